The Morgan fingerprint density at radius 1 is 0.857 bits per heavy atom. The first-order valence-electron chi connectivity index (χ1n) is 8.72. The smallest absolute Gasteiger partial charge is 0.422 e. The Hall–Kier alpha value is -3.23. The Labute approximate surface area is 162 Å². The third-order valence-electron chi connectivity index (χ3n) is 3.49. The van der Waals surface area contributed by atoms with Gasteiger partial charge in [0.05, 0.1) is 19.3 Å². The summed E-state index contributed by atoms with van der Waals surface area (Å²) in [6.45, 7) is 6.62. The molecule has 0 saturated heterocycles. The summed E-state index contributed by atoms with van der Waals surface area (Å²) in [5, 5.41) is 2.37. The number of carbonyl (C=O) groups is 5. The molecular weight excluding hydrogens is 370 g/mol. The van der Waals surface area contributed by atoms with Gasteiger partial charge < -0.3 is 19.5 Å². The summed E-state index contributed by atoms with van der Waals surface area (Å²) in [5.41, 5.74) is 0.221. The number of Topliss-reactive ketones (excluding diaryl/α,β-unsaturated/α-hetero) is 1. The standard InChI is InChI=1S/C19H23NO8/c1-5-26-17(23)16(22)20-14(11(3)4)15(21)12-7-9-13(10-8-12)28-19(25)18(24)27-6-2/h7-11,14H,5-6H2,1-4H3,(H,20,22). The SMILES string of the molecule is CCOC(=O)C(=O)NC(C(=O)c1ccc(OC(=O)C(=O)OCC)cc1)C(C)C. The molecule has 1 aromatic rings. The van der Waals surface area contributed by atoms with Crippen molar-refractivity contribution in [2.24, 2.45) is 5.92 Å². The second-order valence-electron chi connectivity index (χ2n) is 5.91. The lowest BCUT2D eigenvalue weighted by atomic mass is 9.95. The van der Waals surface area contributed by atoms with Gasteiger partial charge in [-0.15, -0.1) is 0 Å². The maximum atomic E-state index is 12.7. The Kier molecular flexibility index (Phi) is 8.80. The molecule has 0 aliphatic carbocycles. The van der Waals surface area contributed by atoms with Crippen LogP contribution in [0.3, 0.4) is 0 Å². The molecule has 0 radical (unpaired) electrons. The molecule has 152 valence electrons. The quantitative estimate of drug-likeness (QED) is 0.315. The first-order chi connectivity index (χ1) is 13.2. The van der Waals surface area contributed by atoms with Gasteiger partial charge in [0.15, 0.2) is 5.78 Å². The summed E-state index contributed by atoms with van der Waals surface area (Å²) >= 11 is 0. The lowest BCUT2D eigenvalue weighted by Crippen LogP contribution is -2.47. The summed E-state index contributed by atoms with van der Waals surface area (Å²) in [6, 6.07) is 4.46. The van der Waals surface area contributed by atoms with Gasteiger partial charge in [0.1, 0.15) is 5.75 Å². The van der Waals surface area contributed by atoms with Gasteiger partial charge in [-0.2, -0.15) is 0 Å². The minimum atomic E-state index is -1.18. The second kappa shape index (κ2) is 10.8. The summed E-state index contributed by atoms with van der Waals surface area (Å²) in [5.74, 6) is -5.06. The molecule has 1 N–H and O–H groups in total. The molecule has 0 heterocycles. The summed E-state index contributed by atoms with van der Waals surface area (Å²) in [4.78, 5) is 58.8. The fourth-order valence-corrected chi connectivity index (χ4v) is 2.14. The molecule has 0 bridgehead atoms. The van der Waals surface area contributed by atoms with Gasteiger partial charge in [0.2, 0.25) is 0 Å². The van der Waals surface area contributed by atoms with E-state index in [-0.39, 0.29) is 30.4 Å². The molecule has 1 amide bonds. The van der Waals surface area contributed by atoms with Crippen molar-refractivity contribution in [2.75, 3.05) is 13.2 Å². The number of carbonyl (C=O) groups excluding carboxylic acids is 5. The second-order valence-corrected chi connectivity index (χ2v) is 5.91. The number of esters is 3. The third-order valence-corrected chi connectivity index (χ3v) is 3.49. The predicted molar refractivity (Wildman–Crippen MR) is 96.4 cm³/mol. The Balaban J connectivity index is 2.85. The van der Waals surface area contributed by atoms with Gasteiger partial charge in [-0.25, -0.2) is 14.4 Å². The van der Waals surface area contributed by atoms with Crippen LogP contribution in [-0.2, 0) is 28.7 Å². The topological polar surface area (TPSA) is 125 Å². The molecule has 1 rings (SSSR count). The van der Waals surface area contributed by atoms with Crippen molar-refractivity contribution in [3.63, 3.8) is 0 Å². The molecule has 1 aromatic carbocycles. The largest absolute Gasteiger partial charge is 0.459 e. The molecule has 0 aliphatic heterocycles. The van der Waals surface area contributed by atoms with Crippen molar-refractivity contribution in [1.82, 2.24) is 5.32 Å². The van der Waals surface area contributed by atoms with Crippen molar-refractivity contribution in [3.8, 4) is 5.75 Å². The highest BCUT2D eigenvalue weighted by Crippen LogP contribution is 2.16. The van der Waals surface area contributed by atoms with Gasteiger partial charge in [-0.1, -0.05) is 13.8 Å². The maximum Gasteiger partial charge on any atom is 0.422 e. The molecule has 28 heavy (non-hydrogen) atoms. The van der Waals surface area contributed by atoms with E-state index >= 15 is 0 Å². The number of hydrogen-bond acceptors (Lipinski definition) is 8. The van der Waals surface area contributed by atoms with E-state index in [1.165, 1.54) is 24.3 Å². The average Bonchev–Trinajstić information content (AvgIpc) is 2.66. The number of amides is 1. The van der Waals surface area contributed by atoms with E-state index in [9.17, 15) is 24.0 Å². The molecule has 0 fully saturated rings. The Morgan fingerprint density at radius 2 is 1.39 bits per heavy atom. The number of hydrogen-bond donors (Lipinski definition) is 1. The van der Waals surface area contributed by atoms with Gasteiger partial charge in [-0.05, 0) is 44.0 Å². The average molecular weight is 393 g/mol. The van der Waals surface area contributed by atoms with E-state index in [4.69, 9.17) is 4.74 Å². The van der Waals surface area contributed by atoms with Crippen LogP contribution in [0.1, 0.15) is 38.1 Å². The van der Waals surface area contributed by atoms with Crippen LogP contribution in [0.2, 0.25) is 0 Å². The number of ether oxygens (including phenoxy) is 3. The van der Waals surface area contributed by atoms with E-state index in [0.29, 0.717) is 0 Å². The van der Waals surface area contributed by atoms with Crippen molar-refractivity contribution in [3.05, 3.63) is 29.8 Å². The van der Waals surface area contributed by atoms with Gasteiger partial charge in [0, 0.05) is 5.56 Å². The predicted octanol–water partition coefficient (Wildman–Crippen LogP) is 1.04. The van der Waals surface area contributed by atoms with Crippen LogP contribution in [0, 0.1) is 5.92 Å². The summed E-state index contributed by atoms with van der Waals surface area (Å²) in [6.07, 6.45) is 0. The first kappa shape index (κ1) is 22.8. The normalized spacial score (nSPS) is 11.3. The molecular formula is C19H23NO8. The minimum Gasteiger partial charge on any atom is -0.459 e. The van der Waals surface area contributed by atoms with Crippen LogP contribution in [0.15, 0.2) is 24.3 Å². The molecule has 1 unspecified atom stereocenters. The van der Waals surface area contributed by atoms with Gasteiger partial charge >= 0.3 is 23.8 Å². The van der Waals surface area contributed by atoms with E-state index in [1.54, 1.807) is 27.7 Å². The lowest BCUT2D eigenvalue weighted by molar-refractivity contribution is -0.161. The molecule has 0 aromatic heterocycles. The highest BCUT2D eigenvalue weighted by molar-refractivity contribution is 6.33. The zero-order valence-electron chi connectivity index (χ0n) is 16.1. The van der Waals surface area contributed by atoms with Crippen molar-refractivity contribution < 1.29 is 38.2 Å². The number of ketones is 1. The third kappa shape index (κ3) is 6.49. The fourth-order valence-electron chi connectivity index (χ4n) is 2.14. The molecule has 0 aliphatic rings. The van der Waals surface area contributed by atoms with Crippen LogP contribution in [0.5, 0.6) is 5.75 Å². The lowest BCUT2D eigenvalue weighted by Gasteiger charge is -2.20. The van der Waals surface area contributed by atoms with E-state index in [2.05, 4.69) is 14.8 Å². The number of rotatable bonds is 7. The highest BCUT2D eigenvalue weighted by Gasteiger charge is 2.28. The van der Waals surface area contributed by atoms with E-state index in [1.807, 2.05) is 0 Å². The molecule has 0 saturated carbocycles. The van der Waals surface area contributed by atoms with Crippen molar-refractivity contribution in [2.45, 2.75) is 33.7 Å². The van der Waals surface area contributed by atoms with E-state index < -0.39 is 35.6 Å². The van der Waals surface area contributed by atoms with Crippen LogP contribution in [0.4, 0.5) is 0 Å². The number of nitrogens with one attached hydrogen (secondary N) is 1. The van der Waals surface area contributed by atoms with Crippen LogP contribution >= 0.6 is 0 Å². The van der Waals surface area contributed by atoms with Gasteiger partial charge in [-0.3, -0.25) is 9.59 Å². The Bertz CT molecular complexity index is 739. The Morgan fingerprint density at radius 3 is 1.89 bits per heavy atom. The zero-order chi connectivity index (χ0) is 21.3. The highest BCUT2D eigenvalue weighted by atomic mass is 16.6. The molecule has 9 nitrogen and oxygen atoms in total. The first-order valence-corrected chi connectivity index (χ1v) is 8.72. The molecule has 9 heteroatoms. The fraction of sp³-hybridized carbons (Fsp3) is 0.421. The maximum absolute atomic E-state index is 12.7. The summed E-state index contributed by atoms with van der Waals surface area (Å²) in [7, 11) is 0. The van der Waals surface area contributed by atoms with E-state index in [0.717, 1.165) is 0 Å². The molecule has 0 spiro atoms. The van der Waals surface area contributed by atoms with Crippen molar-refractivity contribution >= 4 is 29.6 Å². The van der Waals surface area contributed by atoms with Crippen LogP contribution < -0.4 is 10.1 Å². The number of benzene rings is 1. The van der Waals surface area contributed by atoms with Gasteiger partial charge in [0.25, 0.3) is 0 Å². The van der Waals surface area contributed by atoms with Crippen LogP contribution in [0.25, 0.3) is 0 Å². The van der Waals surface area contributed by atoms with Crippen LogP contribution in [-0.4, -0.2) is 48.9 Å². The summed E-state index contributed by atoms with van der Waals surface area (Å²) < 4.78 is 14.0. The molecule has 1 atom stereocenters. The monoisotopic (exact) mass is 393 g/mol. The van der Waals surface area contributed by atoms with Crippen molar-refractivity contribution in [1.29, 1.82) is 0 Å². The minimum absolute atomic E-state index is 0.0372. The zero-order valence-corrected chi connectivity index (χ0v) is 16.1.